The molecular formula is C18H21F2NO2. The number of hydrogen-bond donors (Lipinski definition) is 1. The van der Waals surface area contributed by atoms with Crippen molar-refractivity contribution in [1.82, 2.24) is 0 Å². The van der Waals surface area contributed by atoms with Gasteiger partial charge in [-0.2, -0.15) is 0 Å². The molecule has 0 saturated heterocycles. The van der Waals surface area contributed by atoms with Crippen molar-refractivity contribution in [2.24, 2.45) is 5.73 Å². The molecule has 0 fully saturated rings. The molecule has 2 aromatic rings. The second kappa shape index (κ2) is 8.72. The van der Waals surface area contributed by atoms with E-state index in [9.17, 15) is 8.78 Å². The van der Waals surface area contributed by atoms with E-state index in [0.717, 1.165) is 11.6 Å². The van der Waals surface area contributed by atoms with E-state index < -0.39 is 17.7 Å². The topological polar surface area (TPSA) is 44.5 Å². The van der Waals surface area contributed by atoms with Crippen LogP contribution in [0.3, 0.4) is 0 Å². The van der Waals surface area contributed by atoms with Gasteiger partial charge >= 0.3 is 0 Å². The molecule has 5 heteroatoms. The lowest BCUT2D eigenvalue weighted by molar-refractivity contribution is -0.0168. The molecule has 23 heavy (non-hydrogen) atoms. The summed E-state index contributed by atoms with van der Waals surface area (Å²) in [5.74, 6) is -1.28. The Morgan fingerprint density at radius 1 is 1.04 bits per heavy atom. The maximum Gasteiger partial charge on any atom is 0.130 e. The molecule has 0 aliphatic heterocycles. The Labute approximate surface area is 135 Å². The average molecular weight is 321 g/mol. The SMILES string of the molecule is C[C@H](COCc1ccccc1)OC[C@@H](N)c1ccc(F)cc1F. The second-order valence-corrected chi connectivity index (χ2v) is 5.42. The molecular weight excluding hydrogens is 300 g/mol. The van der Waals surface area contributed by atoms with Gasteiger partial charge in [-0.1, -0.05) is 36.4 Å². The minimum Gasteiger partial charge on any atom is -0.374 e. The molecule has 0 bridgehead atoms. The summed E-state index contributed by atoms with van der Waals surface area (Å²) in [5, 5.41) is 0. The summed E-state index contributed by atoms with van der Waals surface area (Å²) in [6, 6.07) is 12.5. The zero-order chi connectivity index (χ0) is 16.7. The summed E-state index contributed by atoms with van der Waals surface area (Å²) in [5.41, 5.74) is 7.21. The van der Waals surface area contributed by atoms with Crippen LogP contribution in [0.1, 0.15) is 24.1 Å². The maximum atomic E-state index is 13.6. The lowest BCUT2D eigenvalue weighted by Gasteiger charge is -2.18. The van der Waals surface area contributed by atoms with Crippen molar-refractivity contribution in [2.75, 3.05) is 13.2 Å². The number of ether oxygens (including phenoxy) is 2. The third-order valence-corrected chi connectivity index (χ3v) is 3.39. The van der Waals surface area contributed by atoms with Crippen LogP contribution in [0.5, 0.6) is 0 Å². The molecule has 0 unspecified atom stereocenters. The van der Waals surface area contributed by atoms with Crippen molar-refractivity contribution in [3.8, 4) is 0 Å². The van der Waals surface area contributed by atoms with Gasteiger partial charge in [0.2, 0.25) is 0 Å². The van der Waals surface area contributed by atoms with E-state index in [2.05, 4.69) is 0 Å². The van der Waals surface area contributed by atoms with E-state index in [-0.39, 0.29) is 18.3 Å². The number of hydrogen-bond acceptors (Lipinski definition) is 3. The van der Waals surface area contributed by atoms with Gasteiger partial charge in [0, 0.05) is 11.6 Å². The van der Waals surface area contributed by atoms with E-state index in [1.807, 2.05) is 37.3 Å². The first-order valence-corrected chi connectivity index (χ1v) is 7.50. The van der Waals surface area contributed by atoms with Crippen molar-refractivity contribution >= 4 is 0 Å². The lowest BCUT2D eigenvalue weighted by Crippen LogP contribution is -2.24. The van der Waals surface area contributed by atoms with E-state index >= 15 is 0 Å². The summed E-state index contributed by atoms with van der Waals surface area (Å²) in [4.78, 5) is 0. The quantitative estimate of drug-likeness (QED) is 0.808. The van der Waals surface area contributed by atoms with Gasteiger partial charge in [0.1, 0.15) is 11.6 Å². The van der Waals surface area contributed by atoms with Gasteiger partial charge < -0.3 is 15.2 Å². The normalized spacial score (nSPS) is 13.7. The molecule has 0 aromatic heterocycles. The highest BCUT2D eigenvalue weighted by atomic mass is 19.1. The fraction of sp³-hybridized carbons (Fsp3) is 0.333. The molecule has 2 rings (SSSR count). The number of halogens is 2. The molecule has 2 atom stereocenters. The van der Waals surface area contributed by atoms with Crippen molar-refractivity contribution in [3.63, 3.8) is 0 Å². The van der Waals surface area contributed by atoms with Gasteiger partial charge in [0.25, 0.3) is 0 Å². The van der Waals surface area contributed by atoms with E-state index in [0.29, 0.717) is 13.2 Å². The van der Waals surface area contributed by atoms with Gasteiger partial charge in [-0.25, -0.2) is 8.78 Å². The van der Waals surface area contributed by atoms with Gasteiger partial charge in [0.05, 0.1) is 32.0 Å². The Morgan fingerprint density at radius 2 is 1.78 bits per heavy atom. The number of benzene rings is 2. The van der Waals surface area contributed by atoms with E-state index in [4.69, 9.17) is 15.2 Å². The van der Waals surface area contributed by atoms with Crippen LogP contribution in [0.25, 0.3) is 0 Å². The fourth-order valence-electron chi connectivity index (χ4n) is 2.13. The summed E-state index contributed by atoms with van der Waals surface area (Å²) in [6.07, 6.45) is -0.173. The van der Waals surface area contributed by atoms with Crippen molar-refractivity contribution < 1.29 is 18.3 Å². The van der Waals surface area contributed by atoms with Gasteiger partial charge in [0.15, 0.2) is 0 Å². The minimum atomic E-state index is -0.658. The highest BCUT2D eigenvalue weighted by Gasteiger charge is 2.14. The molecule has 0 radical (unpaired) electrons. The molecule has 2 N–H and O–H groups in total. The summed E-state index contributed by atoms with van der Waals surface area (Å²) >= 11 is 0. The maximum absolute atomic E-state index is 13.6. The van der Waals surface area contributed by atoms with Crippen LogP contribution in [-0.2, 0) is 16.1 Å². The standard InChI is InChI=1S/C18H21F2NO2/c1-13(10-22-11-14-5-3-2-4-6-14)23-12-18(21)16-8-7-15(19)9-17(16)20/h2-9,13,18H,10-12,21H2,1H3/t13-,18-/m1/s1. The minimum absolute atomic E-state index is 0.137. The van der Waals surface area contributed by atoms with Crippen LogP contribution in [0.2, 0.25) is 0 Å². The molecule has 0 aliphatic carbocycles. The predicted molar refractivity (Wildman–Crippen MR) is 84.8 cm³/mol. The van der Waals surface area contributed by atoms with E-state index in [1.54, 1.807) is 0 Å². The molecule has 0 spiro atoms. The summed E-state index contributed by atoms with van der Waals surface area (Å²) in [7, 11) is 0. The Hall–Kier alpha value is -1.82. The Bertz CT molecular complexity index is 607. The Morgan fingerprint density at radius 3 is 2.48 bits per heavy atom. The molecule has 3 nitrogen and oxygen atoms in total. The van der Waals surface area contributed by atoms with Crippen molar-refractivity contribution in [3.05, 3.63) is 71.3 Å². The lowest BCUT2D eigenvalue weighted by atomic mass is 10.1. The Kier molecular flexibility index (Phi) is 6.65. The molecule has 124 valence electrons. The second-order valence-electron chi connectivity index (χ2n) is 5.42. The van der Waals surface area contributed by atoms with Crippen LogP contribution >= 0.6 is 0 Å². The third kappa shape index (κ3) is 5.71. The van der Waals surface area contributed by atoms with Gasteiger partial charge in [-0.15, -0.1) is 0 Å². The number of nitrogens with two attached hydrogens (primary N) is 1. The van der Waals surface area contributed by atoms with Crippen LogP contribution in [0, 0.1) is 11.6 Å². The Balaban J connectivity index is 1.72. The summed E-state index contributed by atoms with van der Waals surface area (Å²) in [6.45, 7) is 2.91. The average Bonchev–Trinajstić information content (AvgIpc) is 2.53. The van der Waals surface area contributed by atoms with Crippen molar-refractivity contribution in [1.29, 1.82) is 0 Å². The van der Waals surface area contributed by atoms with Crippen molar-refractivity contribution in [2.45, 2.75) is 25.7 Å². The van der Waals surface area contributed by atoms with E-state index in [1.165, 1.54) is 12.1 Å². The molecule has 0 heterocycles. The van der Waals surface area contributed by atoms with Crippen LogP contribution in [0.15, 0.2) is 48.5 Å². The first-order valence-electron chi connectivity index (χ1n) is 7.50. The predicted octanol–water partition coefficient (Wildman–Crippen LogP) is 3.59. The zero-order valence-electron chi connectivity index (χ0n) is 13.0. The first kappa shape index (κ1) is 17.5. The molecule has 0 saturated carbocycles. The highest BCUT2D eigenvalue weighted by Crippen LogP contribution is 2.17. The van der Waals surface area contributed by atoms with Gasteiger partial charge in [-0.3, -0.25) is 0 Å². The molecule has 0 aliphatic rings. The smallest absolute Gasteiger partial charge is 0.130 e. The highest BCUT2D eigenvalue weighted by molar-refractivity contribution is 5.21. The van der Waals surface area contributed by atoms with Crippen LogP contribution in [-0.4, -0.2) is 19.3 Å². The van der Waals surface area contributed by atoms with Crippen LogP contribution < -0.4 is 5.73 Å². The third-order valence-electron chi connectivity index (χ3n) is 3.39. The number of rotatable bonds is 8. The molecule has 0 amide bonds. The zero-order valence-corrected chi connectivity index (χ0v) is 13.0. The summed E-state index contributed by atoms with van der Waals surface area (Å²) < 4.78 is 37.6. The first-order chi connectivity index (χ1) is 11.1. The fourth-order valence-corrected chi connectivity index (χ4v) is 2.13. The van der Waals surface area contributed by atoms with Crippen LogP contribution in [0.4, 0.5) is 8.78 Å². The van der Waals surface area contributed by atoms with Gasteiger partial charge in [-0.05, 0) is 18.6 Å². The molecule has 2 aromatic carbocycles. The monoisotopic (exact) mass is 321 g/mol. The largest absolute Gasteiger partial charge is 0.374 e.